The van der Waals surface area contributed by atoms with E-state index in [2.05, 4.69) is 10.3 Å². The number of hydrogen-bond acceptors (Lipinski definition) is 6. The number of aromatic nitrogens is 1. The summed E-state index contributed by atoms with van der Waals surface area (Å²) in [7, 11) is 1.93. The SMILES string of the molecule is CCN(C)c1nc(N)c(C(=O)NCC2CCOC2C)s1. The number of hydrogen-bond donors (Lipinski definition) is 2. The fourth-order valence-corrected chi connectivity index (χ4v) is 3.06. The highest BCUT2D eigenvalue weighted by Gasteiger charge is 2.25. The third-order valence-electron chi connectivity index (χ3n) is 3.71. The van der Waals surface area contributed by atoms with Crippen LogP contribution in [0.2, 0.25) is 0 Å². The highest BCUT2D eigenvalue weighted by Crippen LogP contribution is 2.27. The van der Waals surface area contributed by atoms with Crippen molar-refractivity contribution in [3.8, 4) is 0 Å². The van der Waals surface area contributed by atoms with Crippen LogP contribution in [0.25, 0.3) is 0 Å². The maximum Gasteiger partial charge on any atom is 0.265 e. The summed E-state index contributed by atoms with van der Waals surface area (Å²) >= 11 is 1.33. The molecule has 6 nitrogen and oxygen atoms in total. The highest BCUT2D eigenvalue weighted by atomic mass is 32.1. The number of thiazole rings is 1. The van der Waals surface area contributed by atoms with Crippen LogP contribution >= 0.6 is 11.3 Å². The fourth-order valence-electron chi connectivity index (χ4n) is 2.13. The minimum Gasteiger partial charge on any atom is -0.382 e. The Hall–Kier alpha value is -1.34. The monoisotopic (exact) mass is 298 g/mol. The Bertz CT molecular complexity index is 477. The van der Waals surface area contributed by atoms with Crippen LogP contribution in [-0.2, 0) is 4.74 Å². The third-order valence-corrected chi connectivity index (χ3v) is 4.89. The summed E-state index contributed by atoms with van der Waals surface area (Å²) in [4.78, 5) is 18.9. The van der Waals surface area contributed by atoms with Crippen molar-refractivity contribution in [3.63, 3.8) is 0 Å². The number of carbonyl (C=O) groups is 1. The molecule has 2 heterocycles. The minimum atomic E-state index is -0.144. The molecule has 1 saturated heterocycles. The van der Waals surface area contributed by atoms with Gasteiger partial charge in [0.1, 0.15) is 10.7 Å². The molecular weight excluding hydrogens is 276 g/mol. The van der Waals surface area contributed by atoms with Crippen molar-refractivity contribution in [2.75, 3.05) is 37.4 Å². The number of nitrogen functional groups attached to an aromatic ring is 1. The third kappa shape index (κ3) is 3.21. The molecule has 20 heavy (non-hydrogen) atoms. The number of carbonyl (C=O) groups excluding carboxylic acids is 1. The Morgan fingerprint density at radius 2 is 2.40 bits per heavy atom. The van der Waals surface area contributed by atoms with Crippen LogP contribution in [0.4, 0.5) is 10.9 Å². The lowest BCUT2D eigenvalue weighted by atomic mass is 10.0. The lowest BCUT2D eigenvalue weighted by molar-refractivity contribution is 0.0911. The standard InChI is InChI=1S/C13H22N4O2S/c1-4-17(3)13-16-11(14)10(20-13)12(18)15-7-9-5-6-19-8(9)2/h8-9H,4-7,14H2,1-3H3,(H,15,18). The number of amides is 1. The maximum absolute atomic E-state index is 12.2. The van der Waals surface area contributed by atoms with E-state index in [0.29, 0.717) is 23.2 Å². The summed E-state index contributed by atoms with van der Waals surface area (Å²) in [5, 5.41) is 3.71. The Morgan fingerprint density at radius 1 is 1.65 bits per heavy atom. The quantitative estimate of drug-likeness (QED) is 0.857. The first kappa shape index (κ1) is 15.1. The van der Waals surface area contributed by atoms with Crippen LogP contribution in [0.3, 0.4) is 0 Å². The molecule has 1 aromatic rings. The zero-order valence-electron chi connectivity index (χ0n) is 12.2. The van der Waals surface area contributed by atoms with Crippen molar-refractivity contribution < 1.29 is 9.53 Å². The van der Waals surface area contributed by atoms with Crippen LogP contribution in [0.1, 0.15) is 29.9 Å². The van der Waals surface area contributed by atoms with Gasteiger partial charge in [-0.2, -0.15) is 0 Å². The average Bonchev–Trinajstić information content (AvgIpc) is 3.01. The molecule has 1 fully saturated rings. The lowest BCUT2D eigenvalue weighted by Gasteiger charge is -2.14. The van der Waals surface area contributed by atoms with Gasteiger partial charge < -0.3 is 20.7 Å². The normalized spacial score (nSPS) is 21.9. The summed E-state index contributed by atoms with van der Waals surface area (Å²) in [5.74, 6) is 0.541. The first-order chi connectivity index (χ1) is 9.52. The van der Waals surface area contributed by atoms with Crippen molar-refractivity contribution in [1.29, 1.82) is 0 Å². The molecule has 0 spiro atoms. The van der Waals surface area contributed by atoms with Gasteiger partial charge in [-0.1, -0.05) is 11.3 Å². The zero-order chi connectivity index (χ0) is 14.7. The fraction of sp³-hybridized carbons (Fsp3) is 0.692. The van der Waals surface area contributed by atoms with Gasteiger partial charge >= 0.3 is 0 Å². The minimum absolute atomic E-state index is 0.144. The number of ether oxygens (including phenoxy) is 1. The van der Waals surface area contributed by atoms with Crippen molar-refractivity contribution in [2.45, 2.75) is 26.4 Å². The van der Waals surface area contributed by atoms with Crippen LogP contribution < -0.4 is 16.0 Å². The molecule has 2 rings (SSSR count). The van der Waals surface area contributed by atoms with Gasteiger partial charge in [-0.25, -0.2) is 4.98 Å². The maximum atomic E-state index is 12.2. The predicted octanol–water partition coefficient (Wildman–Crippen LogP) is 1.34. The van der Waals surface area contributed by atoms with Crippen molar-refractivity contribution in [3.05, 3.63) is 4.88 Å². The van der Waals surface area contributed by atoms with Crippen LogP contribution in [0.5, 0.6) is 0 Å². The molecule has 1 aliphatic heterocycles. The first-order valence-corrected chi connectivity index (χ1v) is 7.71. The van der Waals surface area contributed by atoms with E-state index in [9.17, 15) is 4.79 Å². The van der Waals surface area contributed by atoms with Gasteiger partial charge in [-0.3, -0.25) is 4.79 Å². The Balaban J connectivity index is 1.96. The van der Waals surface area contributed by atoms with E-state index in [4.69, 9.17) is 10.5 Å². The molecule has 7 heteroatoms. The van der Waals surface area contributed by atoms with E-state index in [0.717, 1.165) is 24.7 Å². The van der Waals surface area contributed by atoms with Gasteiger partial charge in [-0.05, 0) is 20.3 Å². The van der Waals surface area contributed by atoms with Crippen LogP contribution in [-0.4, -0.2) is 43.7 Å². The second-order valence-corrected chi connectivity index (χ2v) is 6.04. The largest absolute Gasteiger partial charge is 0.382 e. The lowest BCUT2D eigenvalue weighted by Crippen LogP contribution is -2.31. The molecule has 1 aromatic heterocycles. The van der Waals surface area contributed by atoms with E-state index >= 15 is 0 Å². The van der Waals surface area contributed by atoms with E-state index in [1.807, 2.05) is 25.8 Å². The van der Waals surface area contributed by atoms with Crippen molar-refractivity contribution in [1.82, 2.24) is 10.3 Å². The van der Waals surface area contributed by atoms with Gasteiger partial charge in [-0.15, -0.1) is 0 Å². The summed E-state index contributed by atoms with van der Waals surface area (Å²) < 4.78 is 5.48. The van der Waals surface area contributed by atoms with E-state index in [1.165, 1.54) is 11.3 Å². The summed E-state index contributed by atoms with van der Waals surface area (Å²) in [6.45, 7) is 6.29. The molecule has 1 aliphatic rings. The molecule has 0 aliphatic carbocycles. The van der Waals surface area contributed by atoms with E-state index in [-0.39, 0.29) is 12.0 Å². The van der Waals surface area contributed by atoms with Gasteiger partial charge in [0, 0.05) is 32.7 Å². The zero-order valence-corrected chi connectivity index (χ0v) is 13.0. The predicted molar refractivity (Wildman–Crippen MR) is 81.3 cm³/mol. The second kappa shape index (κ2) is 6.41. The molecule has 0 aromatic carbocycles. The summed E-state index contributed by atoms with van der Waals surface area (Å²) in [5.41, 5.74) is 5.83. The molecule has 0 saturated carbocycles. The van der Waals surface area contributed by atoms with Crippen molar-refractivity contribution in [2.24, 2.45) is 5.92 Å². The molecule has 0 radical (unpaired) electrons. The number of nitrogens with zero attached hydrogens (tertiary/aromatic N) is 2. The molecular formula is C13H22N4O2S. The van der Waals surface area contributed by atoms with Gasteiger partial charge in [0.2, 0.25) is 0 Å². The van der Waals surface area contributed by atoms with Gasteiger partial charge in [0.15, 0.2) is 5.13 Å². The first-order valence-electron chi connectivity index (χ1n) is 6.90. The molecule has 112 valence electrons. The van der Waals surface area contributed by atoms with Gasteiger partial charge in [0.25, 0.3) is 5.91 Å². The smallest absolute Gasteiger partial charge is 0.265 e. The number of rotatable bonds is 5. The second-order valence-electron chi connectivity index (χ2n) is 5.06. The molecule has 2 atom stereocenters. The Kier molecular flexibility index (Phi) is 4.82. The summed E-state index contributed by atoms with van der Waals surface area (Å²) in [6, 6.07) is 0. The van der Waals surface area contributed by atoms with E-state index < -0.39 is 0 Å². The van der Waals surface area contributed by atoms with Crippen molar-refractivity contribution >= 4 is 28.2 Å². The Morgan fingerprint density at radius 3 is 3.00 bits per heavy atom. The number of nitrogens with one attached hydrogen (secondary N) is 1. The molecule has 1 amide bonds. The Labute approximate surface area is 123 Å². The molecule has 0 bridgehead atoms. The number of nitrogens with two attached hydrogens (primary N) is 1. The van der Waals surface area contributed by atoms with E-state index in [1.54, 1.807) is 0 Å². The summed E-state index contributed by atoms with van der Waals surface area (Å²) in [6.07, 6.45) is 1.19. The van der Waals surface area contributed by atoms with Gasteiger partial charge in [0.05, 0.1) is 6.10 Å². The number of anilines is 2. The van der Waals surface area contributed by atoms with Crippen LogP contribution in [0, 0.1) is 5.92 Å². The van der Waals surface area contributed by atoms with Crippen LogP contribution in [0.15, 0.2) is 0 Å². The topological polar surface area (TPSA) is 80.5 Å². The average molecular weight is 298 g/mol. The highest BCUT2D eigenvalue weighted by molar-refractivity contribution is 7.18. The molecule has 3 N–H and O–H groups in total. The molecule has 2 unspecified atom stereocenters.